The number of benzene rings is 2. The van der Waals surface area contributed by atoms with Crippen LogP contribution in [0.1, 0.15) is 15.9 Å². The Labute approximate surface area is 136 Å². The fourth-order valence-corrected chi connectivity index (χ4v) is 2.13. The van der Waals surface area contributed by atoms with Gasteiger partial charge in [0.05, 0.1) is 28.6 Å². The first-order valence-corrected chi connectivity index (χ1v) is 6.72. The number of esters is 1. The van der Waals surface area contributed by atoms with Gasteiger partial charge in [0.25, 0.3) is 11.4 Å². The van der Waals surface area contributed by atoms with Gasteiger partial charge in [-0.3, -0.25) is 20.2 Å². The summed E-state index contributed by atoms with van der Waals surface area (Å²) >= 11 is 0. The van der Waals surface area contributed by atoms with Crippen LogP contribution in [0.2, 0.25) is 0 Å². The Hall–Kier alpha value is -3.49. The molecule has 0 aromatic heterocycles. The molecule has 1 N–H and O–H groups in total. The maximum atomic E-state index is 11.9. The van der Waals surface area contributed by atoms with Gasteiger partial charge in [-0.2, -0.15) is 0 Å². The smallest absolute Gasteiger partial charge is 0.340 e. The number of rotatable bonds is 5. The van der Waals surface area contributed by atoms with Crippen LogP contribution in [-0.2, 0) is 4.74 Å². The van der Waals surface area contributed by atoms with Crippen LogP contribution < -0.4 is 5.32 Å². The van der Waals surface area contributed by atoms with Gasteiger partial charge in [-0.25, -0.2) is 4.79 Å². The number of hydrogen-bond acceptors (Lipinski definition) is 7. The summed E-state index contributed by atoms with van der Waals surface area (Å²) in [6, 6.07) is 8.66. The van der Waals surface area contributed by atoms with E-state index in [9.17, 15) is 25.0 Å². The molecule has 0 atom stereocenters. The van der Waals surface area contributed by atoms with E-state index in [1.165, 1.54) is 0 Å². The van der Waals surface area contributed by atoms with E-state index in [4.69, 9.17) is 0 Å². The molecule has 0 radical (unpaired) electrons. The highest BCUT2D eigenvalue weighted by Crippen LogP contribution is 2.36. The van der Waals surface area contributed by atoms with Crippen molar-refractivity contribution in [1.29, 1.82) is 0 Å². The summed E-state index contributed by atoms with van der Waals surface area (Å²) < 4.78 is 4.58. The van der Waals surface area contributed by atoms with Crippen LogP contribution >= 0.6 is 0 Å². The number of nitrogens with zero attached hydrogens (tertiary/aromatic N) is 2. The summed E-state index contributed by atoms with van der Waals surface area (Å²) in [5.41, 5.74) is -0.229. The number of nitrogens with one attached hydrogen (secondary N) is 1. The summed E-state index contributed by atoms with van der Waals surface area (Å²) in [7, 11) is 1.09. The highest BCUT2D eigenvalue weighted by Gasteiger charge is 2.28. The van der Waals surface area contributed by atoms with Gasteiger partial charge in [-0.15, -0.1) is 0 Å². The molecule has 2 aromatic carbocycles. The van der Waals surface area contributed by atoms with E-state index in [-0.39, 0.29) is 11.3 Å². The SMILES string of the molecule is COC(=O)c1cc([N+](=O)[O-])cc([N+](=O)[O-])c1Nc1cccc(C)c1. The molecule has 24 heavy (non-hydrogen) atoms. The number of methoxy groups -OCH3 is 1. The minimum Gasteiger partial charge on any atom is -0.465 e. The van der Waals surface area contributed by atoms with E-state index in [0.717, 1.165) is 24.8 Å². The standard InChI is InChI=1S/C15H13N3O6/c1-9-4-3-5-10(6-9)16-14-12(15(19)24-2)7-11(17(20)21)8-13(14)18(22)23/h3-8,16H,1-2H3. The van der Waals surface area contributed by atoms with E-state index in [2.05, 4.69) is 10.1 Å². The summed E-state index contributed by atoms with van der Waals surface area (Å²) in [6.07, 6.45) is 0. The summed E-state index contributed by atoms with van der Waals surface area (Å²) in [5, 5.41) is 25.1. The number of anilines is 2. The molecule has 2 aromatic rings. The monoisotopic (exact) mass is 331 g/mol. The predicted molar refractivity (Wildman–Crippen MR) is 85.6 cm³/mol. The van der Waals surface area contributed by atoms with Crippen molar-refractivity contribution in [3.05, 3.63) is 67.8 Å². The molecular formula is C15H13N3O6. The third-order valence-electron chi connectivity index (χ3n) is 3.20. The quantitative estimate of drug-likeness (QED) is 0.506. The van der Waals surface area contributed by atoms with Crippen molar-refractivity contribution in [2.75, 3.05) is 12.4 Å². The first-order valence-electron chi connectivity index (χ1n) is 6.72. The van der Waals surface area contributed by atoms with Crippen LogP contribution in [0.25, 0.3) is 0 Å². The van der Waals surface area contributed by atoms with E-state index in [1.54, 1.807) is 18.2 Å². The minimum atomic E-state index is -0.919. The van der Waals surface area contributed by atoms with E-state index >= 15 is 0 Å². The second-order valence-electron chi connectivity index (χ2n) is 4.89. The Morgan fingerprint density at radius 3 is 2.38 bits per heavy atom. The largest absolute Gasteiger partial charge is 0.465 e. The van der Waals surface area contributed by atoms with Crippen molar-refractivity contribution in [2.45, 2.75) is 6.92 Å². The summed E-state index contributed by atoms with van der Waals surface area (Å²) in [4.78, 5) is 32.6. The first kappa shape index (κ1) is 16.9. The number of aryl methyl sites for hydroxylation is 1. The second-order valence-corrected chi connectivity index (χ2v) is 4.89. The molecule has 0 amide bonds. The van der Waals surface area contributed by atoms with Crippen molar-refractivity contribution in [3.63, 3.8) is 0 Å². The number of carbonyl (C=O) groups is 1. The molecule has 9 heteroatoms. The number of carbonyl (C=O) groups excluding carboxylic acids is 1. The maximum absolute atomic E-state index is 11.9. The van der Waals surface area contributed by atoms with Crippen LogP contribution in [0.5, 0.6) is 0 Å². The van der Waals surface area contributed by atoms with E-state index in [0.29, 0.717) is 5.69 Å². The van der Waals surface area contributed by atoms with Crippen LogP contribution in [0.15, 0.2) is 36.4 Å². The van der Waals surface area contributed by atoms with Gasteiger partial charge in [0.15, 0.2) is 0 Å². The lowest BCUT2D eigenvalue weighted by atomic mass is 10.1. The molecule has 0 heterocycles. The summed E-state index contributed by atoms with van der Waals surface area (Å²) in [6.45, 7) is 1.83. The minimum absolute atomic E-state index is 0.164. The molecule has 0 spiro atoms. The number of nitro benzene ring substituents is 2. The molecule has 0 bridgehead atoms. The van der Waals surface area contributed by atoms with Gasteiger partial charge in [-0.1, -0.05) is 12.1 Å². The number of hydrogen-bond donors (Lipinski definition) is 1. The zero-order valence-corrected chi connectivity index (χ0v) is 12.8. The molecule has 0 fully saturated rings. The molecule has 0 aliphatic rings. The van der Waals surface area contributed by atoms with Gasteiger partial charge >= 0.3 is 5.97 Å². The topological polar surface area (TPSA) is 125 Å². The van der Waals surface area contributed by atoms with Crippen molar-refractivity contribution in [3.8, 4) is 0 Å². The van der Waals surface area contributed by atoms with Crippen molar-refractivity contribution >= 4 is 28.7 Å². The molecule has 9 nitrogen and oxygen atoms in total. The molecule has 0 unspecified atom stereocenters. The molecule has 0 saturated carbocycles. The number of nitro groups is 2. The Bertz CT molecular complexity index is 834. The molecule has 0 saturated heterocycles. The normalized spacial score (nSPS) is 10.1. The average molecular weight is 331 g/mol. The van der Waals surface area contributed by atoms with Gasteiger partial charge in [0, 0.05) is 11.8 Å². The Kier molecular flexibility index (Phi) is 4.73. The fraction of sp³-hybridized carbons (Fsp3) is 0.133. The average Bonchev–Trinajstić information content (AvgIpc) is 2.53. The maximum Gasteiger partial charge on any atom is 0.340 e. The van der Waals surface area contributed by atoms with Crippen LogP contribution in [0.3, 0.4) is 0 Å². The lowest BCUT2D eigenvalue weighted by Crippen LogP contribution is -2.09. The molecular weight excluding hydrogens is 318 g/mol. The predicted octanol–water partition coefficient (Wildman–Crippen LogP) is 3.34. The molecule has 124 valence electrons. The van der Waals surface area contributed by atoms with Gasteiger partial charge in [-0.05, 0) is 24.6 Å². The molecule has 0 aliphatic heterocycles. The lowest BCUT2D eigenvalue weighted by Gasteiger charge is -2.12. The third-order valence-corrected chi connectivity index (χ3v) is 3.20. The van der Waals surface area contributed by atoms with Gasteiger partial charge in [0.1, 0.15) is 5.69 Å². The number of ether oxygens (including phenoxy) is 1. The van der Waals surface area contributed by atoms with Crippen LogP contribution in [0, 0.1) is 27.2 Å². The van der Waals surface area contributed by atoms with Gasteiger partial charge in [0.2, 0.25) is 0 Å². The first-order chi connectivity index (χ1) is 11.3. The zero-order valence-electron chi connectivity index (χ0n) is 12.8. The van der Waals surface area contributed by atoms with Crippen molar-refractivity contribution < 1.29 is 19.4 Å². The van der Waals surface area contributed by atoms with Crippen molar-refractivity contribution in [2.24, 2.45) is 0 Å². The van der Waals surface area contributed by atoms with Crippen LogP contribution in [0.4, 0.5) is 22.7 Å². The Morgan fingerprint density at radius 1 is 1.12 bits per heavy atom. The van der Waals surface area contributed by atoms with E-state index < -0.39 is 27.2 Å². The highest BCUT2D eigenvalue weighted by atomic mass is 16.6. The highest BCUT2D eigenvalue weighted by molar-refractivity contribution is 6.00. The lowest BCUT2D eigenvalue weighted by molar-refractivity contribution is -0.393. The molecule has 2 rings (SSSR count). The fourth-order valence-electron chi connectivity index (χ4n) is 2.13. The third kappa shape index (κ3) is 3.46. The second kappa shape index (κ2) is 6.73. The van der Waals surface area contributed by atoms with Crippen LogP contribution in [-0.4, -0.2) is 22.9 Å². The van der Waals surface area contributed by atoms with E-state index in [1.807, 2.05) is 13.0 Å². The summed E-state index contributed by atoms with van der Waals surface area (Å²) in [5.74, 6) is -0.919. The zero-order chi connectivity index (χ0) is 17.9. The molecule has 0 aliphatic carbocycles. The Balaban J connectivity index is 2.68. The number of non-ortho nitro benzene ring substituents is 1. The van der Waals surface area contributed by atoms with Gasteiger partial charge < -0.3 is 10.1 Å². The Morgan fingerprint density at radius 2 is 1.83 bits per heavy atom. The van der Waals surface area contributed by atoms with Crippen molar-refractivity contribution in [1.82, 2.24) is 0 Å².